The SMILES string of the molecule is CC(C)CCCOCc1cc(C=CC(=O)O)cs1. The Morgan fingerprint density at radius 3 is 3.00 bits per heavy atom. The second-order valence-electron chi connectivity index (χ2n) is 4.61. The highest BCUT2D eigenvalue weighted by Gasteiger charge is 1.99. The van der Waals surface area contributed by atoms with Gasteiger partial charge in [0, 0.05) is 17.6 Å². The molecule has 1 aromatic heterocycles. The van der Waals surface area contributed by atoms with Crippen molar-refractivity contribution in [1.29, 1.82) is 0 Å². The molecule has 1 rings (SSSR count). The van der Waals surface area contributed by atoms with Crippen LogP contribution in [0.1, 0.15) is 37.1 Å². The van der Waals surface area contributed by atoms with Crippen LogP contribution in [-0.4, -0.2) is 17.7 Å². The summed E-state index contributed by atoms with van der Waals surface area (Å²) in [7, 11) is 0. The summed E-state index contributed by atoms with van der Waals surface area (Å²) in [4.78, 5) is 11.5. The number of thiophene rings is 1. The van der Waals surface area contributed by atoms with Gasteiger partial charge in [-0.3, -0.25) is 0 Å². The Hall–Kier alpha value is -1.13. The standard InChI is InChI=1S/C14H20O3S/c1-11(2)4-3-7-17-9-13-8-12(10-18-13)5-6-14(15)16/h5-6,8,10-11H,3-4,7,9H2,1-2H3,(H,15,16). The highest BCUT2D eigenvalue weighted by atomic mass is 32.1. The third kappa shape index (κ3) is 6.57. The Labute approximate surface area is 112 Å². The molecule has 0 aromatic carbocycles. The van der Waals surface area contributed by atoms with Crippen LogP contribution in [-0.2, 0) is 16.1 Å². The molecule has 0 fully saturated rings. The molecule has 0 bridgehead atoms. The maximum Gasteiger partial charge on any atom is 0.328 e. The molecule has 0 unspecified atom stereocenters. The van der Waals surface area contributed by atoms with Gasteiger partial charge in [-0.25, -0.2) is 4.79 Å². The molecular weight excluding hydrogens is 248 g/mol. The van der Waals surface area contributed by atoms with Crippen molar-refractivity contribution in [3.8, 4) is 0 Å². The third-order valence-corrected chi connectivity index (χ3v) is 3.34. The summed E-state index contributed by atoms with van der Waals surface area (Å²) >= 11 is 1.60. The number of carboxylic acid groups (broad SMARTS) is 1. The molecule has 0 radical (unpaired) electrons. The molecule has 1 heterocycles. The van der Waals surface area contributed by atoms with Crippen molar-refractivity contribution in [2.24, 2.45) is 5.92 Å². The molecule has 1 N–H and O–H groups in total. The first-order chi connectivity index (χ1) is 8.58. The van der Waals surface area contributed by atoms with E-state index in [1.807, 2.05) is 11.4 Å². The van der Waals surface area contributed by atoms with Gasteiger partial charge in [0.1, 0.15) is 0 Å². The predicted octanol–water partition coefficient (Wildman–Crippen LogP) is 3.80. The first-order valence-electron chi connectivity index (χ1n) is 6.14. The van der Waals surface area contributed by atoms with Crippen molar-refractivity contribution in [1.82, 2.24) is 0 Å². The molecular formula is C14H20O3S. The number of carbonyl (C=O) groups is 1. The number of ether oxygens (including phenoxy) is 1. The molecule has 4 heteroatoms. The van der Waals surface area contributed by atoms with E-state index in [1.165, 1.54) is 6.42 Å². The maximum atomic E-state index is 10.4. The van der Waals surface area contributed by atoms with E-state index in [-0.39, 0.29) is 0 Å². The molecule has 1 aromatic rings. The molecule has 0 amide bonds. The zero-order valence-electron chi connectivity index (χ0n) is 10.9. The Bertz CT molecular complexity index is 393. The van der Waals surface area contributed by atoms with Gasteiger partial charge in [0.15, 0.2) is 0 Å². The van der Waals surface area contributed by atoms with Gasteiger partial charge in [0.05, 0.1) is 6.61 Å². The van der Waals surface area contributed by atoms with Crippen LogP contribution in [0.3, 0.4) is 0 Å². The van der Waals surface area contributed by atoms with E-state index in [0.29, 0.717) is 6.61 Å². The molecule has 0 spiro atoms. The summed E-state index contributed by atoms with van der Waals surface area (Å²) in [5, 5.41) is 10.5. The summed E-state index contributed by atoms with van der Waals surface area (Å²) in [5.74, 6) is -0.198. The molecule has 0 saturated heterocycles. The van der Waals surface area contributed by atoms with Gasteiger partial charge in [-0.2, -0.15) is 0 Å². The first-order valence-corrected chi connectivity index (χ1v) is 7.02. The molecule has 0 aliphatic rings. The van der Waals surface area contributed by atoms with Crippen molar-refractivity contribution in [2.45, 2.75) is 33.3 Å². The lowest BCUT2D eigenvalue weighted by molar-refractivity contribution is -0.131. The van der Waals surface area contributed by atoms with Gasteiger partial charge in [0.2, 0.25) is 0 Å². The molecule has 100 valence electrons. The zero-order valence-corrected chi connectivity index (χ0v) is 11.7. The average molecular weight is 268 g/mol. The Morgan fingerprint density at radius 2 is 2.33 bits per heavy atom. The lowest BCUT2D eigenvalue weighted by Crippen LogP contribution is -1.96. The van der Waals surface area contributed by atoms with Gasteiger partial charge < -0.3 is 9.84 Å². The van der Waals surface area contributed by atoms with Crippen LogP contribution in [0, 0.1) is 5.92 Å². The van der Waals surface area contributed by atoms with E-state index in [1.54, 1.807) is 17.4 Å². The van der Waals surface area contributed by atoms with Crippen LogP contribution >= 0.6 is 11.3 Å². The van der Waals surface area contributed by atoms with Crippen LogP contribution < -0.4 is 0 Å². The fourth-order valence-electron chi connectivity index (χ4n) is 1.49. The van der Waals surface area contributed by atoms with E-state index in [4.69, 9.17) is 9.84 Å². The van der Waals surface area contributed by atoms with E-state index >= 15 is 0 Å². The monoisotopic (exact) mass is 268 g/mol. The van der Waals surface area contributed by atoms with Gasteiger partial charge in [-0.05, 0) is 41.8 Å². The van der Waals surface area contributed by atoms with Crippen LogP contribution in [0.4, 0.5) is 0 Å². The van der Waals surface area contributed by atoms with Crippen LogP contribution in [0.25, 0.3) is 6.08 Å². The van der Waals surface area contributed by atoms with Gasteiger partial charge in [-0.15, -0.1) is 11.3 Å². The molecule has 0 saturated carbocycles. The molecule has 0 aliphatic heterocycles. The molecule has 18 heavy (non-hydrogen) atoms. The minimum absolute atomic E-state index is 0.615. The number of hydrogen-bond donors (Lipinski definition) is 1. The fourth-order valence-corrected chi connectivity index (χ4v) is 2.28. The largest absolute Gasteiger partial charge is 0.478 e. The molecule has 0 aliphatic carbocycles. The van der Waals surface area contributed by atoms with Crippen molar-refractivity contribution in [3.63, 3.8) is 0 Å². The lowest BCUT2D eigenvalue weighted by Gasteiger charge is -2.04. The average Bonchev–Trinajstić information content (AvgIpc) is 2.73. The van der Waals surface area contributed by atoms with Gasteiger partial charge in [0.25, 0.3) is 0 Å². The quantitative estimate of drug-likeness (QED) is 0.576. The highest BCUT2D eigenvalue weighted by Crippen LogP contribution is 2.17. The summed E-state index contributed by atoms with van der Waals surface area (Å²) in [6, 6.07) is 1.96. The highest BCUT2D eigenvalue weighted by molar-refractivity contribution is 7.10. The van der Waals surface area contributed by atoms with Gasteiger partial charge in [-0.1, -0.05) is 13.8 Å². The van der Waals surface area contributed by atoms with E-state index in [2.05, 4.69) is 13.8 Å². The van der Waals surface area contributed by atoms with Crippen LogP contribution in [0.15, 0.2) is 17.5 Å². The van der Waals surface area contributed by atoms with Crippen LogP contribution in [0.5, 0.6) is 0 Å². The van der Waals surface area contributed by atoms with Gasteiger partial charge >= 0.3 is 5.97 Å². The number of carboxylic acids is 1. The maximum absolute atomic E-state index is 10.4. The number of hydrogen-bond acceptors (Lipinski definition) is 3. The van der Waals surface area contributed by atoms with E-state index in [9.17, 15) is 4.79 Å². The summed E-state index contributed by atoms with van der Waals surface area (Å²) in [6.45, 7) is 5.82. The zero-order chi connectivity index (χ0) is 13.4. The summed E-state index contributed by atoms with van der Waals surface area (Å²) in [6.07, 6.45) is 5.03. The summed E-state index contributed by atoms with van der Waals surface area (Å²) in [5.41, 5.74) is 0.920. The van der Waals surface area contributed by atoms with Crippen molar-refractivity contribution in [3.05, 3.63) is 28.0 Å². The Morgan fingerprint density at radius 1 is 1.56 bits per heavy atom. The minimum atomic E-state index is -0.923. The minimum Gasteiger partial charge on any atom is -0.478 e. The number of rotatable bonds is 8. The normalized spacial score (nSPS) is 11.5. The number of aliphatic carboxylic acids is 1. The van der Waals surface area contributed by atoms with Crippen molar-refractivity contribution < 1.29 is 14.6 Å². The van der Waals surface area contributed by atoms with Crippen LogP contribution in [0.2, 0.25) is 0 Å². The smallest absolute Gasteiger partial charge is 0.328 e. The first kappa shape index (κ1) is 14.9. The Kier molecular flexibility index (Phi) is 6.68. The lowest BCUT2D eigenvalue weighted by atomic mass is 10.1. The predicted molar refractivity (Wildman–Crippen MR) is 74.7 cm³/mol. The third-order valence-electron chi connectivity index (χ3n) is 2.41. The van der Waals surface area contributed by atoms with Crippen molar-refractivity contribution in [2.75, 3.05) is 6.61 Å². The van der Waals surface area contributed by atoms with Crippen molar-refractivity contribution >= 4 is 23.4 Å². The Balaban J connectivity index is 2.25. The molecule has 0 atom stereocenters. The summed E-state index contributed by atoms with van der Waals surface area (Å²) < 4.78 is 5.58. The second-order valence-corrected chi connectivity index (χ2v) is 5.60. The van der Waals surface area contributed by atoms with E-state index < -0.39 is 5.97 Å². The second kappa shape index (κ2) is 8.06. The molecule has 3 nitrogen and oxygen atoms in total. The topological polar surface area (TPSA) is 46.5 Å². The van der Waals surface area contributed by atoms with E-state index in [0.717, 1.165) is 35.5 Å². The fraction of sp³-hybridized carbons (Fsp3) is 0.500.